The molecule has 1 atom stereocenters. The SMILES string of the molecule is CS(=O)(=O)CCCC(NN)c1ccc2c(c1)OCCO2. The first-order chi connectivity index (χ1) is 9.49. The Balaban J connectivity index is 2.03. The minimum atomic E-state index is -2.94. The molecule has 7 heteroatoms. The van der Waals surface area contributed by atoms with Crippen LogP contribution in [-0.4, -0.2) is 33.6 Å². The van der Waals surface area contributed by atoms with E-state index in [1.165, 1.54) is 6.26 Å². The number of hydrazine groups is 1. The number of nitrogens with two attached hydrogens (primary N) is 1. The fourth-order valence-electron chi connectivity index (χ4n) is 2.17. The molecule has 0 fully saturated rings. The molecule has 1 aromatic rings. The largest absolute Gasteiger partial charge is 0.486 e. The summed E-state index contributed by atoms with van der Waals surface area (Å²) >= 11 is 0. The highest BCUT2D eigenvalue weighted by Crippen LogP contribution is 2.33. The summed E-state index contributed by atoms with van der Waals surface area (Å²) < 4.78 is 33.3. The number of hydrogen-bond acceptors (Lipinski definition) is 6. The van der Waals surface area contributed by atoms with E-state index in [0.717, 1.165) is 11.3 Å². The van der Waals surface area contributed by atoms with E-state index >= 15 is 0 Å². The van der Waals surface area contributed by atoms with Gasteiger partial charge in [-0.1, -0.05) is 6.07 Å². The predicted octanol–water partition coefficient (Wildman–Crippen LogP) is 0.787. The van der Waals surface area contributed by atoms with Gasteiger partial charge in [-0.2, -0.15) is 0 Å². The molecule has 1 heterocycles. The van der Waals surface area contributed by atoms with Gasteiger partial charge in [0.05, 0.1) is 0 Å². The molecule has 0 saturated carbocycles. The van der Waals surface area contributed by atoms with Gasteiger partial charge in [0.25, 0.3) is 0 Å². The lowest BCUT2D eigenvalue weighted by molar-refractivity contribution is 0.171. The first-order valence-electron chi connectivity index (χ1n) is 6.53. The third-order valence-electron chi connectivity index (χ3n) is 3.18. The lowest BCUT2D eigenvalue weighted by atomic mass is 10.0. The number of hydrogen-bond donors (Lipinski definition) is 2. The maximum Gasteiger partial charge on any atom is 0.161 e. The van der Waals surface area contributed by atoms with Gasteiger partial charge in [0.1, 0.15) is 23.1 Å². The molecule has 0 amide bonds. The van der Waals surface area contributed by atoms with Crippen molar-refractivity contribution in [3.63, 3.8) is 0 Å². The molecule has 1 unspecified atom stereocenters. The minimum Gasteiger partial charge on any atom is -0.486 e. The highest BCUT2D eigenvalue weighted by atomic mass is 32.2. The maximum atomic E-state index is 11.1. The third-order valence-corrected chi connectivity index (χ3v) is 4.21. The van der Waals surface area contributed by atoms with Crippen LogP contribution in [0, 0.1) is 0 Å². The molecule has 112 valence electrons. The molecule has 0 bridgehead atoms. The lowest BCUT2D eigenvalue weighted by Crippen LogP contribution is -2.28. The third kappa shape index (κ3) is 4.09. The first-order valence-corrected chi connectivity index (χ1v) is 8.59. The molecule has 2 rings (SSSR count). The Morgan fingerprint density at radius 2 is 2.00 bits per heavy atom. The smallest absolute Gasteiger partial charge is 0.161 e. The summed E-state index contributed by atoms with van der Waals surface area (Å²) in [5.41, 5.74) is 3.68. The zero-order valence-electron chi connectivity index (χ0n) is 11.5. The fourth-order valence-corrected chi connectivity index (χ4v) is 2.86. The Labute approximate surface area is 119 Å². The molecular weight excluding hydrogens is 280 g/mol. The summed E-state index contributed by atoms with van der Waals surface area (Å²) in [5.74, 6) is 7.16. The van der Waals surface area contributed by atoms with Crippen molar-refractivity contribution < 1.29 is 17.9 Å². The molecule has 0 radical (unpaired) electrons. The van der Waals surface area contributed by atoms with E-state index in [2.05, 4.69) is 5.43 Å². The number of rotatable bonds is 6. The number of fused-ring (bicyclic) bond motifs is 1. The van der Waals surface area contributed by atoms with Gasteiger partial charge >= 0.3 is 0 Å². The van der Waals surface area contributed by atoms with Crippen LogP contribution in [0.25, 0.3) is 0 Å². The Morgan fingerprint density at radius 3 is 2.65 bits per heavy atom. The van der Waals surface area contributed by atoms with Crippen molar-refractivity contribution in [1.82, 2.24) is 5.43 Å². The van der Waals surface area contributed by atoms with Crippen molar-refractivity contribution in [3.05, 3.63) is 23.8 Å². The monoisotopic (exact) mass is 300 g/mol. The van der Waals surface area contributed by atoms with E-state index in [-0.39, 0.29) is 11.8 Å². The fraction of sp³-hybridized carbons (Fsp3) is 0.538. The molecule has 0 aromatic heterocycles. The van der Waals surface area contributed by atoms with Crippen molar-refractivity contribution >= 4 is 9.84 Å². The Morgan fingerprint density at radius 1 is 1.30 bits per heavy atom. The van der Waals surface area contributed by atoms with Crippen LogP contribution in [0.5, 0.6) is 11.5 Å². The predicted molar refractivity (Wildman–Crippen MR) is 76.4 cm³/mol. The van der Waals surface area contributed by atoms with Crippen molar-refractivity contribution in [3.8, 4) is 11.5 Å². The minimum absolute atomic E-state index is 0.104. The highest BCUT2D eigenvalue weighted by molar-refractivity contribution is 7.90. The van der Waals surface area contributed by atoms with Crippen LogP contribution in [0.2, 0.25) is 0 Å². The van der Waals surface area contributed by atoms with Crippen LogP contribution < -0.4 is 20.7 Å². The van der Waals surface area contributed by atoms with Crippen molar-refractivity contribution in [2.45, 2.75) is 18.9 Å². The van der Waals surface area contributed by atoms with Crippen LogP contribution in [0.3, 0.4) is 0 Å². The molecule has 0 aliphatic carbocycles. The van der Waals surface area contributed by atoms with E-state index in [1.807, 2.05) is 18.2 Å². The summed E-state index contributed by atoms with van der Waals surface area (Å²) in [6.07, 6.45) is 2.44. The second kappa shape index (κ2) is 6.43. The Hall–Kier alpha value is -1.31. The number of nitrogens with one attached hydrogen (secondary N) is 1. The van der Waals surface area contributed by atoms with Gasteiger partial charge in [0.15, 0.2) is 11.5 Å². The molecule has 1 aliphatic rings. The summed E-state index contributed by atoms with van der Waals surface area (Å²) in [5, 5.41) is 0. The average Bonchev–Trinajstić information content (AvgIpc) is 2.42. The molecule has 6 nitrogen and oxygen atoms in total. The van der Waals surface area contributed by atoms with Gasteiger partial charge < -0.3 is 9.47 Å². The van der Waals surface area contributed by atoms with Crippen LogP contribution in [0.1, 0.15) is 24.4 Å². The average molecular weight is 300 g/mol. The highest BCUT2D eigenvalue weighted by Gasteiger charge is 2.16. The normalized spacial score (nSPS) is 15.9. The maximum absolute atomic E-state index is 11.1. The summed E-state index contributed by atoms with van der Waals surface area (Å²) in [6.45, 7) is 1.09. The van der Waals surface area contributed by atoms with E-state index in [0.29, 0.717) is 31.8 Å². The summed E-state index contributed by atoms with van der Waals surface area (Å²) in [6, 6.07) is 5.55. The van der Waals surface area contributed by atoms with Gasteiger partial charge in [0, 0.05) is 18.1 Å². The molecule has 1 aliphatic heterocycles. The molecule has 20 heavy (non-hydrogen) atoms. The van der Waals surface area contributed by atoms with Crippen LogP contribution in [-0.2, 0) is 9.84 Å². The zero-order valence-corrected chi connectivity index (χ0v) is 12.3. The lowest BCUT2D eigenvalue weighted by Gasteiger charge is -2.21. The van der Waals surface area contributed by atoms with Gasteiger partial charge in [-0.15, -0.1) is 0 Å². The van der Waals surface area contributed by atoms with Crippen LogP contribution >= 0.6 is 0 Å². The van der Waals surface area contributed by atoms with Crippen molar-refractivity contribution in [1.29, 1.82) is 0 Å². The quantitative estimate of drug-likeness (QED) is 0.596. The number of sulfone groups is 1. The van der Waals surface area contributed by atoms with Gasteiger partial charge in [-0.25, -0.2) is 8.42 Å². The second-order valence-corrected chi connectivity index (χ2v) is 7.15. The number of benzene rings is 1. The van der Waals surface area contributed by atoms with E-state index in [4.69, 9.17) is 15.3 Å². The Bertz CT molecular complexity index is 559. The van der Waals surface area contributed by atoms with Gasteiger partial charge in [0.2, 0.25) is 0 Å². The molecule has 0 spiro atoms. The molecule has 3 N–H and O–H groups in total. The van der Waals surface area contributed by atoms with E-state index < -0.39 is 9.84 Å². The second-order valence-electron chi connectivity index (χ2n) is 4.89. The zero-order chi connectivity index (χ0) is 14.6. The van der Waals surface area contributed by atoms with Crippen molar-refractivity contribution in [2.24, 2.45) is 5.84 Å². The molecule has 0 saturated heterocycles. The summed E-state index contributed by atoms with van der Waals surface area (Å²) in [7, 11) is -2.94. The van der Waals surface area contributed by atoms with Gasteiger partial charge in [-0.3, -0.25) is 11.3 Å². The van der Waals surface area contributed by atoms with E-state index in [1.54, 1.807) is 0 Å². The standard InChI is InChI=1S/C13H20N2O4S/c1-20(16,17)8-2-3-11(15-14)10-4-5-12-13(9-10)19-7-6-18-12/h4-5,9,11,15H,2-3,6-8,14H2,1H3. The van der Waals surface area contributed by atoms with Crippen LogP contribution in [0.4, 0.5) is 0 Å². The molecule has 1 aromatic carbocycles. The first kappa shape index (κ1) is 15.1. The van der Waals surface area contributed by atoms with Crippen LogP contribution in [0.15, 0.2) is 18.2 Å². The molecular formula is C13H20N2O4S. The summed E-state index contributed by atoms with van der Waals surface area (Å²) in [4.78, 5) is 0. The Kier molecular flexibility index (Phi) is 4.85. The van der Waals surface area contributed by atoms with Gasteiger partial charge in [-0.05, 0) is 30.5 Å². The number of ether oxygens (including phenoxy) is 2. The topological polar surface area (TPSA) is 90.7 Å². The van der Waals surface area contributed by atoms with E-state index in [9.17, 15) is 8.42 Å². The van der Waals surface area contributed by atoms with Crippen molar-refractivity contribution in [2.75, 3.05) is 25.2 Å².